The first-order valence-electron chi connectivity index (χ1n) is 6.47. The second-order valence-corrected chi connectivity index (χ2v) is 5.08. The fourth-order valence-corrected chi connectivity index (χ4v) is 2.39. The highest BCUT2D eigenvalue weighted by Gasteiger charge is 2.16. The van der Waals surface area contributed by atoms with Gasteiger partial charge in [0.05, 0.1) is 5.56 Å². The zero-order valence-corrected chi connectivity index (χ0v) is 13.6. The zero-order chi connectivity index (χ0) is 14.7. The Morgan fingerprint density at radius 2 is 1.90 bits per heavy atom. The highest BCUT2D eigenvalue weighted by Crippen LogP contribution is 2.22. The molecule has 0 saturated carbocycles. The molecule has 0 aliphatic heterocycles. The monoisotopic (exact) mass is 327 g/mol. The lowest BCUT2D eigenvalue weighted by Crippen LogP contribution is -2.29. The molecule has 0 bridgehead atoms. The molecule has 1 heterocycles. The van der Waals surface area contributed by atoms with E-state index in [0.29, 0.717) is 23.7 Å². The number of hydrogen-bond donors (Lipinski definition) is 2. The predicted molar refractivity (Wildman–Crippen MR) is 88.9 cm³/mol. The molecule has 1 aromatic heterocycles. The van der Waals surface area contributed by atoms with Gasteiger partial charge in [0.25, 0.3) is 5.91 Å². The third-order valence-corrected chi connectivity index (χ3v) is 3.44. The van der Waals surface area contributed by atoms with Crippen LogP contribution in [-0.4, -0.2) is 23.6 Å². The van der Waals surface area contributed by atoms with Gasteiger partial charge in [-0.1, -0.05) is 11.6 Å². The number of amides is 1. The third kappa shape index (κ3) is 3.79. The van der Waals surface area contributed by atoms with Crippen LogP contribution in [0, 0.1) is 13.8 Å². The predicted octanol–water partition coefficient (Wildman–Crippen LogP) is 2.86. The van der Waals surface area contributed by atoms with Crippen LogP contribution in [0.2, 0.25) is 5.02 Å². The molecule has 1 amide bonds. The molecule has 0 aliphatic carbocycles. The van der Waals surface area contributed by atoms with E-state index in [-0.39, 0.29) is 18.3 Å². The van der Waals surface area contributed by atoms with Crippen LogP contribution < -0.4 is 11.1 Å². The molecule has 0 saturated heterocycles. The number of nitrogens with one attached hydrogen (secondary N) is 1. The maximum Gasteiger partial charge on any atom is 0.253 e. The Morgan fingerprint density at radius 1 is 1.29 bits per heavy atom. The van der Waals surface area contributed by atoms with Crippen LogP contribution >= 0.6 is 24.0 Å². The summed E-state index contributed by atoms with van der Waals surface area (Å²) in [7, 11) is 0. The number of halogens is 2. The van der Waals surface area contributed by atoms with Crippen LogP contribution in [0.4, 0.5) is 0 Å². The van der Waals surface area contributed by atoms with Crippen LogP contribution in [0.3, 0.4) is 0 Å². The van der Waals surface area contributed by atoms with Crippen molar-refractivity contribution in [3.05, 3.63) is 52.3 Å². The van der Waals surface area contributed by atoms with E-state index in [0.717, 1.165) is 17.1 Å². The van der Waals surface area contributed by atoms with Crippen molar-refractivity contribution >= 4 is 29.9 Å². The van der Waals surface area contributed by atoms with Gasteiger partial charge >= 0.3 is 0 Å². The van der Waals surface area contributed by atoms with Crippen LogP contribution in [0.15, 0.2) is 30.3 Å². The first kappa shape index (κ1) is 17.6. The molecule has 4 nitrogen and oxygen atoms in total. The minimum absolute atomic E-state index is 0. The van der Waals surface area contributed by atoms with Crippen molar-refractivity contribution in [3.8, 4) is 5.69 Å². The minimum Gasteiger partial charge on any atom is -0.351 e. The summed E-state index contributed by atoms with van der Waals surface area (Å²) in [6.07, 6.45) is 0. The average Bonchev–Trinajstić information content (AvgIpc) is 2.73. The van der Waals surface area contributed by atoms with Crippen molar-refractivity contribution in [1.29, 1.82) is 0 Å². The van der Waals surface area contributed by atoms with Gasteiger partial charge in [0.15, 0.2) is 0 Å². The molecular weight excluding hydrogens is 309 g/mol. The summed E-state index contributed by atoms with van der Waals surface area (Å²) in [5, 5.41) is 3.48. The van der Waals surface area contributed by atoms with E-state index in [1.165, 1.54) is 0 Å². The number of rotatable bonds is 4. The summed E-state index contributed by atoms with van der Waals surface area (Å²) in [4.78, 5) is 12.1. The lowest BCUT2D eigenvalue weighted by molar-refractivity contribution is 0.0954. The second-order valence-electron chi connectivity index (χ2n) is 4.64. The molecule has 114 valence electrons. The number of carbonyl (C=O) groups is 1. The minimum atomic E-state index is -0.0937. The number of nitrogens with zero attached hydrogens (tertiary/aromatic N) is 1. The van der Waals surface area contributed by atoms with Crippen molar-refractivity contribution < 1.29 is 4.79 Å². The topological polar surface area (TPSA) is 60.1 Å². The van der Waals surface area contributed by atoms with Gasteiger partial charge in [-0.05, 0) is 44.2 Å². The van der Waals surface area contributed by atoms with E-state index in [1.54, 1.807) is 0 Å². The van der Waals surface area contributed by atoms with Crippen LogP contribution in [0.5, 0.6) is 0 Å². The largest absolute Gasteiger partial charge is 0.351 e. The maximum atomic E-state index is 12.1. The molecule has 0 fully saturated rings. The van der Waals surface area contributed by atoms with Gasteiger partial charge in [-0.3, -0.25) is 4.79 Å². The molecule has 0 unspecified atom stereocenters. The van der Waals surface area contributed by atoms with Crippen molar-refractivity contribution in [3.63, 3.8) is 0 Å². The van der Waals surface area contributed by atoms with Gasteiger partial charge in [0.1, 0.15) is 0 Å². The lowest BCUT2D eigenvalue weighted by atomic mass is 10.2. The average molecular weight is 328 g/mol. The van der Waals surface area contributed by atoms with E-state index < -0.39 is 0 Å². The molecule has 0 radical (unpaired) electrons. The van der Waals surface area contributed by atoms with Crippen molar-refractivity contribution in [1.82, 2.24) is 9.88 Å². The summed E-state index contributed by atoms with van der Waals surface area (Å²) in [5.74, 6) is -0.0937. The number of aryl methyl sites for hydroxylation is 1. The molecule has 3 N–H and O–H groups in total. The quantitative estimate of drug-likeness (QED) is 0.907. The van der Waals surface area contributed by atoms with Gasteiger partial charge in [0.2, 0.25) is 0 Å². The normalized spacial score (nSPS) is 10.1. The Hall–Kier alpha value is -1.49. The number of benzene rings is 1. The number of carbonyl (C=O) groups excluding carboxylic acids is 1. The standard InChI is InChI=1S/C15H18ClN3O.ClH/c1-10-9-14(15(20)18-8-7-17)11(2)19(10)13-5-3-12(16)4-6-13;/h3-6,9H,7-8,17H2,1-2H3,(H,18,20);1H. The van der Waals surface area contributed by atoms with E-state index in [9.17, 15) is 4.79 Å². The van der Waals surface area contributed by atoms with Crippen molar-refractivity contribution in [2.75, 3.05) is 13.1 Å². The van der Waals surface area contributed by atoms with E-state index in [2.05, 4.69) is 5.32 Å². The molecule has 0 spiro atoms. The Morgan fingerprint density at radius 3 is 2.48 bits per heavy atom. The Bertz CT molecular complexity index is 621. The molecule has 21 heavy (non-hydrogen) atoms. The van der Waals surface area contributed by atoms with Gasteiger partial charge < -0.3 is 15.6 Å². The van der Waals surface area contributed by atoms with Crippen molar-refractivity contribution in [2.45, 2.75) is 13.8 Å². The van der Waals surface area contributed by atoms with Gasteiger partial charge in [0, 0.05) is 35.2 Å². The number of aromatic nitrogens is 1. The van der Waals surface area contributed by atoms with E-state index >= 15 is 0 Å². The van der Waals surface area contributed by atoms with Gasteiger partial charge in [-0.2, -0.15) is 0 Å². The molecule has 0 atom stereocenters. The van der Waals surface area contributed by atoms with E-state index in [4.69, 9.17) is 17.3 Å². The molecule has 0 aliphatic rings. The van der Waals surface area contributed by atoms with Crippen LogP contribution in [0.25, 0.3) is 5.69 Å². The zero-order valence-electron chi connectivity index (χ0n) is 12.0. The summed E-state index contributed by atoms with van der Waals surface area (Å²) in [5.41, 5.74) is 8.97. The molecule has 6 heteroatoms. The Labute approximate surface area is 135 Å². The van der Waals surface area contributed by atoms with Crippen molar-refractivity contribution in [2.24, 2.45) is 5.73 Å². The summed E-state index contributed by atoms with van der Waals surface area (Å²) < 4.78 is 2.04. The molecule has 2 rings (SSSR count). The fraction of sp³-hybridized carbons (Fsp3) is 0.267. The van der Waals surface area contributed by atoms with Crippen LogP contribution in [-0.2, 0) is 0 Å². The summed E-state index contributed by atoms with van der Waals surface area (Å²) in [6, 6.07) is 9.43. The highest BCUT2D eigenvalue weighted by molar-refractivity contribution is 6.30. The second kappa shape index (κ2) is 7.50. The Balaban J connectivity index is 0.00000220. The lowest BCUT2D eigenvalue weighted by Gasteiger charge is -2.10. The number of hydrogen-bond acceptors (Lipinski definition) is 2. The summed E-state index contributed by atoms with van der Waals surface area (Å²) in [6.45, 7) is 4.81. The molecular formula is C15H19Cl2N3O. The van der Waals surface area contributed by atoms with Gasteiger partial charge in [-0.25, -0.2) is 0 Å². The maximum absolute atomic E-state index is 12.1. The van der Waals surface area contributed by atoms with Gasteiger partial charge in [-0.15, -0.1) is 12.4 Å². The first-order valence-corrected chi connectivity index (χ1v) is 6.85. The van der Waals surface area contributed by atoms with Crippen LogP contribution in [0.1, 0.15) is 21.7 Å². The molecule has 2 aromatic rings. The first-order chi connectivity index (χ1) is 9.54. The van der Waals surface area contributed by atoms with E-state index in [1.807, 2.05) is 48.7 Å². The summed E-state index contributed by atoms with van der Waals surface area (Å²) >= 11 is 5.91. The number of nitrogens with two attached hydrogens (primary N) is 1. The fourth-order valence-electron chi connectivity index (χ4n) is 2.26. The smallest absolute Gasteiger partial charge is 0.253 e. The SMILES string of the molecule is Cc1cc(C(=O)NCCN)c(C)n1-c1ccc(Cl)cc1.Cl. The third-order valence-electron chi connectivity index (χ3n) is 3.19. The highest BCUT2D eigenvalue weighted by atomic mass is 35.5. The Kier molecular flexibility index (Phi) is 6.27. The molecule has 1 aromatic carbocycles.